The summed E-state index contributed by atoms with van der Waals surface area (Å²) >= 11 is 6.17. The molecule has 1 unspecified atom stereocenters. The number of para-hydroxylation sites is 1. The summed E-state index contributed by atoms with van der Waals surface area (Å²) < 4.78 is 0.983. The number of anilines is 2. The summed E-state index contributed by atoms with van der Waals surface area (Å²) in [7, 11) is 0. The molecule has 0 bridgehead atoms. The van der Waals surface area contributed by atoms with Gasteiger partial charge in [-0.3, -0.25) is 14.4 Å². The molecule has 0 radical (unpaired) electrons. The lowest BCUT2D eigenvalue weighted by atomic mass is 10.1. The first-order valence-corrected chi connectivity index (χ1v) is 17.1. The van der Waals surface area contributed by atoms with Gasteiger partial charge in [-0.05, 0) is 61.5 Å². The molecule has 0 aliphatic carbocycles. The van der Waals surface area contributed by atoms with E-state index in [1.165, 1.54) is 23.1 Å². The number of thioether (sulfide) groups is 1. The number of aromatic nitrogens is 2. The third-order valence-electron chi connectivity index (χ3n) is 7.10. The molecule has 0 aliphatic rings. The number of thiazole rings is 1. The molecule has 0 aliphatic heterocycles. The fourth-order valence-corrected chi connectivity index (χ4v) is 6.62. The zero-order valence-electron chi connectivity index (χ0n) is 25.0. The van der Waals surface area contributed by atoms with Crippen molar-refractivity contribution in [3.63, 3.8) is 0 Å². The summed E-state index contributed by atoms with van der Waals surface area (Å²) in [5, 5.41) is 11.5. The number of fused-ring (bicyclic) bond motifs is 1. The predicted octanol–water partition coefficient (Wildman–Crippen LogP) is 8.58. The Kier molecular flexibility index (Phi) is 9.96. The quantitative estimate of drug-likeness (QED) is 0.0836. The minimum atomic E-state index is -0.488. The van der Waals surface area contributed by atoms with Gasteiger partial charge >= 0.3 is 0 Å². The predicted molar refractivity (Wildman–Crippen MR) is 194 cm³/mol. The van der Waals surface area contributed by atoms with Crippen LogP contribution in [0.25, 0.3) is 28.2 Å². The number of benzene rings is 4. The molecule has 47 heavy (non-hydrogen) atoms. The number of hydrogen-bond acceptors (Lipinski definition) is 6. The van der Waals surface area contributed by atoms with Crippen molar-refractivity contribution in [3.05, 3.63) is 136 Å². The Morgan fingerprint density at radius 2 is 1.68 bits per heavy atom. The minimum Gasteiger partial charge on any atom is -0.361 e. The summed E-state index contributed by atoms with van der Waals surface area (Å²) in [5.74, 6) is -1.08. The van der Waals surface area contributed by atoms with Crippen molar-refractivity contribution in [3.8, 4) is 11.3 Å². The molecule has 8 nitrogen and oxygen atoms in total. The topological polar surface area (TPSA) is 116 Å². The molecule has 6 aromatic rings. The van der Waals surface area contributed by atoms with Crippen molar-refractivity contribution >= 4 is 84.5 Å². The maximum Gasteiger partial charge on any atom is 0.272 e. The van der Waals surface area contributed by atoms with Crippen molar-refractivity contribution in [2.75, 3.05) is 10.6 Å². The van der Waals surface area contributed by atoms with Gasteiger partial charge in [0.2, 0.25) is 5.91 Å². The number of carbonyl (C=O) groups excluding carboxylic acids is 3. The summed E-state index contributed by atoms with van der Waals surface area (Å²) in [6.45, 7) is 1.82. The Hall–Kier alpha value is -4.97. The van der Waals surface area contributed by atoms with E-state index in [4.69, 9.17) is 0 Å². The van der Waals surface area contributed by atoms with Gasteiger partial charge in [-0.15, -0.1) is 23.1 Å². The molecular formula is C36H28BrN5O3S2. The maximum atomic E-state index is 13.6. The minimum absolute atomic E-state index is 0.0837. The van der Waals surface area contributed by atoms with Crippen molar-refractivity contribution < 1.29 is 14.4 Å². The molecule has 4 aromatic carbocycles. The first-order chi connectivity index (χ1) is 22.8. The fraction of sp³-hybridized carbons (Fsp3) is 0.0556. The Labute approximate surface area is 287 Å². The van der Waals surface area contributed by atoms with E-state index >= 15 is 0 Å². The van der Waals surface area contributed by atoms with Crippen LogP contribution >= 0.6 is 39.0 Å². The van der Waals surface area contributed by atoms with Gasteiger partial charge in [-0.2, -0.15) is 0 Å². The zero-order valence-corrected chi connectivity index (χ0v) is 28.2. The molecule has 0 saturated carbocycles. The van der Waals surface area contributed by atoms with Gasteiger partial charge in [0.1, 0.15) is 5.70 Å². The van der Waals surface area contributed by atoms with Crippen molar-refractivity contribution in [1.82, 2.24) is 15.3 Å². The number of carbonyl (C=O) groups is 3. The van der Waals surface area contributed by atoms with E-state index in [1.807, 2.05) is 73.0 Å². The lowest BCUT2D eigenvalue weighted by Crippen LogP contribution is -2.30. The van der Waals surface area contributed by atoms with Gasteiger partial charge < -0.3 is 20.9 Å². The van der Waals surface area contributed by atoms with Crippen LogP contribution in [0.3, 0.4) is 0 Å². The van der Waals surface area contributed by atoms with Gasteiger partial charge in [0.05, 0.1) is 10.9 Å². The number of nitrogens with zero attached hydrogens (tertiary/aromatic N) is 1. The first-order valence-electron chi connectivity index (χ1n) is 14.6. The number of hydrogen-bond donors (Lipinski definition) is 4. The summed E-state index contributed by atoms with van der Waals surface area (Å²) in [6, 6.07) is 31.5. The van der Waals surface area contributed by atoms with E-state index in [1.54, 1.807) is 54.7 Å². The number of rotatable bonds is 10. The highest BCUT2D eigenvalue weighted by Crippen LogP contribution is 2.29. The monoisotopic (exact) mass is 721 g/mol. The molecule has 3 amide bonds. The molecule has 1 atom stereocenters. The molecule has 2 aromatic heterocycles. The average molecular weight is 723 g/mol. The second-order valence-electron chi connectivity index (χ2n) is 10.4. The Balaban J connectivity index is 1.14. The molecule has 234 valence electrons. The highest BCUT2D eigenvalue weighted by atomic mass is 79.9. The van der Waals surface area contributed by atoms with E-state index < -0.39 is 17.1 Å². The van der Waals surface area contributed by atoms with Gasteiger partial charge in [-0.25, -0.2) is 4.98 Å². The van der Waals surface area contributed by atoms with Crippen LogP contribution in [0.1, 0.15) is 22.8 Å². The smallest absolute Gasteiger partial charge is 0.272 e. The van der Waals surface area contributed by atoms with Crippen molar-refractivity contribution in [2.45, 2.75) is 17.1 Å². The normalized spacial score (nSPS) is 12.0. The average Bonchev–Trinajstić information content (AvgIpc) is 3.72. The van der Waals surface area contributed by atoms with Gasteiger partial charge in [-0.1, -0.05) is 70.5 Å². The largest absolute Gasteiger partial charge is 0.361 e. The SMILES string of the molecule is CC(Sc1cccc(NC(=O)/C(=C/c2c[nH]c3ccccc23)NC(=O)c2ccccc2)c1)C(=O)Nc1nc(-c2ccc(Br)cc2)cs1. The van der Waals surface area contributed by atoms with E-state index in [-0.39, 0.29) is 11.6 Å². The number of aromatic amines is 1. The lowest BCUT2D eigenvalue weighted by molar-refractivity contribution is -0.115. The van der Waals surface area contributed by atoms with Crippen LogP contribution in [-0.2, 0) is 9.59 Å². The highest BCUT2D eigenvalue weighted by Gasteiger charge is 2.19. The summed E-state index contributed by atoms with van der Waals surface area (Å²) in [6.07, 6.45) is 3.45. The Morgan fingerprint density at radius 1 is 0.915 bits per heavy atom. The van der Waals surface area contributed by atoms with Crippen LogP contribution in [0.2, 0.25) is 0 Å². The van der Waals surface area contributed by atoms with Gasteiger partial charge in [0.15, 0.2) is 5.13 Å². The number of halogens is 1. The molecule has 4 N–H and O–H groups in total. The standard InChI is InChI=1S/C36H28BrN5O3S2/c1-22(33(43)42-36-41-32(21-46-36)23-14-16-26(37)17-15-23)47-28-11-7-10-27(19-28)39-35(45)31(40-34(44)24-8-3-2-4-9-24)18-25-20-38-30-13-6-5-12-29(25)30/h2-22,38H,1H3,(H,39,45)(H,40,44)(H,41,42,43)/b31-18-. The number of amides is 3. The fourth-order valence-electron chi connectivity index (χ4n) is 4.71. The lowest BCUT2D eigenvalue weighted by Gasteiger charge is -2.13. The number of H-pyrrole nitrogens is 1. The van der Waals surface area contributed by atoms with Crippen LogP contribution in [0.5, 0.6) is 0 Å². The maximum absolute atomic E-state index is 13.6. The molecule has 2 heterocycles. The van der Waals surface area contributed by atoms with Crippen LogP contribution in [-0.4, -0.2) is 32.9 Å². The zero-order chi connectivity index (χ0) is 32.8. The summed E-state index contributed by atoms with van der Waals surface area (Å²) in [5.41, 5.74) is 4.46. The van der Waals surface area contributed by atoms with Crippen LogP contribution in [0, 0.1) is 0 Å². The molecular weight excluding hydrogens is 694 g/mol. The third-order valence-corrected chi connectivity index (χ3v) is 9.48. The van der Waals surface area contributed by atoms with Crippen LogP contribution in [0.15, 0.2) is 130 Å². The van der Waals surface area contributed by atoms with E-state index in [9.17, 15) is 14.4 Å². The van der Waals surface area contributed by atoms with Crippen LogP contribution < -0.4 is 16.0 Å². The Morgan fingerprint density at radius 3 is 2.49 bits per heavy atom. The van der Waals surface area contributed by atoms with Crippen molar-refractivity contribution in [2.24, 2.45) is 0 Å². The van der Waals surface area contributed by atoms with E-state index in [2.05, 4.69) is 41.8 Å². The molecule has 0 fully saturated rings. The number of nitrogens with one attached hydrogen (secondary N) is 4. The molecule has 11 heteroatoms. The Bertz CT molecular complexity index is 2090. The first kappa shape index (κ1) is 32.0. The van der Waals surface area contributed by atoms with E-state index in [0.717, 1.165) is 37.1 Å². The van der Waals surface area contributed by atoms with Crippen LogP contribution in [0.4, 0.5) is 10.8 Å². The second-order valence-corrected chi connectivity index (χ2v) is 13.6. The molecule has 6 rings (SSSR count). The van der Waals surface area contributed by atoms with Crippen molar-refractivity contribution in [1.29, 1.82) is 0 Å². The van der Waals surface area contributed by atoms with Gasteiger partial charge in [0.25, 0.3) is 11.8 Å². The third kappa shape index (κ3) is 8.07. The molecule has 0 spiro atoms. The molecule has 0 saturated heterocycles. The second kappa shape index (κ2) is 14.6. The van der Waals surface area contributed by atoms with E-state index in [0.29, 0.717) is 16.4 Å². The van der Waals surface area contributed by atoms with Gasteiger partial charge in [0, 0.05) is 54.2 Å². The summed E-state index contributed by atoms with van der Waals surface area (Å²) in [4.78, 5) is 48.3. The highest BCUT2D eigenvalue weighted by molar-refractivity contribution is 9.10.